The number of carbonyl (C=O) groups excluding carboxylic acids is 1. The van der Waals surface area contributed by atoms with Crippen LogP contribution in [0.4, 0.5) is 0 Å². The molecule has 0 bridgehead atoms. The normalized spacial score (nSPS) is 14.1. The van der Waals surface area contributed by atoms with Gasteiger partial charge in [-0.25, -0.2) is 4.79 Å². The van der Waals surface area contributed by atoms with E-state index in [1.807, 2.05) is 24.5 Å². The molecule has 0 radical (unpaired) electrons. The molecule has 1 atom stereocenters. The molecule has 1 heterocycles. The largest absolute Gasteiger partial charge is 0.493 e. The molecule has 0 saturated heterocycles. The van der Waals surface area contributed by atoms with Crippen molar-refractivity contribution >= 4 is 23.6 Å². The van der Waals surface area contributed by atoms with Crippen LogP contribution in [-0.2, 0) is 22.4 Å². The van der Waals surface area contributed by atoms with Crippen LogP contribution in [0.25, 0.3) is 0 Å². The average molecular weight is 309 g/mol. The zero-order chi connectivity index (χ0) is 15.2. The molecule has 0 unspecified atom stereocenters. The highest BCUT2D eigenvalue weighted by Gasteiger charge is 2.20. The van der Waals surface area contributed by atoms with Crippen LogP contribution in [-0.4, -0.2) is 41.6 Å². The molecule has 1 aromatic carbocycles. The van der Waals surface area contributed by atoms with Crippen molar-refractivity contribution in [3.63, 3.8) is 0 Å². The van der Waals surface area contributed by atoms with Crippen LogP contribution in [0.15, 0.2) is 18.2 Å². The van der Waals surface area contributed by atoms with Crippen molar-refractivity contribution in [2.24, 2.45) is 0 Å². The highest BCUT2D eigenvalue weighted by molar-refractivity contribution is 7.98. The molecule has 1 aliphatic heterocycles. The number of nitrogens with one attached hydrogen (secondary N) is 1. The standard InChI is InChI=1S/C15H19NO4S/c1-21-7-5-12(15(18)19)16-14(17)9-10-2-3-13-11(8-10)4-6-20-13/h2-3,8,12H,4-7,9H2,1H3,(H,16,17)(H,18,19)/t12-/m1/s1. The first-order valence-electron chi connectivity index (χ1n) is 6.86. The average Bonchev–Trinajstić information content (AvgIpc) is 2.90. The van der Waals surface area contributed by atoms with Crippen LogP contribution in [0.2, 0.25) is 0 Å². The summed E-state index contributed by atoms with van der Waals surface area (Å²) in [5.74, 6) is 0.331. The number of carbonyl (C=O) groups is 2. The zero-order valence-corrected chi connectivity index (χ0v) is 12.7. The Morgan fingerprint density at radius 1 is 1.48 bits per heavy atom. The van der Waals surface area contributed by atoms with E-state index in [0.717, 1.165) is 23.3 Å². The number of hydrogen-bond donors (Lipinski definition) is 2. The van der Waals surface area contributed by atoms with Gasteiger partial charge in [-0.2, -0.15) is 11.8 Å². The lowest BCUT2D eigenvalue weighted by Crippen LogP contribution is -2.41. The lowest BCUT2D eigenvalue weighted by atomic mass is 10.1. The predicted molar refractivity (Wildman–Crippen MR) is 81.9 cm³/mol. The maximum atomic E-state index is 12.0. The third-order valence-corrected chi connectivity index (χ3v) is 4.01. The van der Waals surface area contributed by atoms with E-state index in [-0.39, 0.29) is 12.3 Å². The number of fused-ring (bicyclic) bond motifs is 1. The van der Waals surface area contributed by atoms with Gasteiger partial charge in [0, 0.05) is 6.42 Å². The van der Waals surface area contributed by atoms with Gasteiger partial charge in [-0.15, -0.1) is 0 Å². The van der Waals surface area contributed by atoms with E-state index in [4.69, 9.17) is 9.84 Å². The number of benzene rings is 1. The molecule has 6 heteroatoms. The van der Waals surface area contributed by atoms with Crippen molar-refractivity contribution in [1.82, 2.24) is 5.32 Å². The first-order valence-corrected chi connectivity index (χ1v) is 8.25. The van der Waals surface area contributed by atoms with E-state index in [1.165, 1.54) is 0 Å². The van der Waals surface area contributed by atoms with Crippen LogP contribution in [0.3, 0.4) is 0 Å². The fourth-order valence-corrected chi connectivity index (χ4v) is 2.75. The van der Waals surface area contributed by atoms with E-state index in [0.29, 0.717) is 18.8 Å². The highest BCUT2D eigenvalue weighted by atomic mass is 32.2. The van der Waals surface area contributed by atoms with Crippen LogP contribution < -0.4 is 10.1 Å². The maximum Gasteiger partial charge on any atom is 0.326 e. The van der Waals surface area contributed by atoms with Crippen LogP contribution in [0, 0.1) is 0 Å². The number of rotatable bonds is 7. The number of carboxylic acids is 1. The molecule has 2 rings (SSSR count). The summed E-state index contributed by atoms with van der Waals surface area (Å²) >= 11 is 1.56. The van der Waals surface area contributed by atoms with Gasteiger partial charge in [0.1, 0.15) is 11.8 Å². The van der Waals surface area contributed by atoms with Crippen LogP contribution >= 0.6 is 11.8 Å². The van der Waals surface area contributed by atoms with Crippen molar-refractivity contribution in [2.75, 3.05) is 18.6 Å². The maximum absolute atomic E-state index is 12.0. The summed E-state index contributed by atoms with van der Waals surface area (Å²) in [5, 5.41) is 11.7. The van der Waals surface area contributed by atoms with E-state index in [2.05, 4.69) is 5.32 Å². The van der Waals surface area contributed by atoms with Gasteiger partial charge >= 0.3 is 5.97 Å². The van der Waals surface area contributed by atoms with Gasteiger partial charge in [-0.1, -0.05) is 12.1 Å². The Bertz CT molecular complexity index is 532. The van der Waals surface area contributed by atoms with Crippen molar-refractivity contribution < 1.29 is 19.4 Å². The smallest absolute Gasteiger partial charge is 0.326 e. The Labute approximate surface area is 128 Å². The molecule has 114 valence electrons. The van der Waals surface area contributed by atoms with Crippen molar-refractivity contribution in [3.05, 3.63) is 29.3 Å². The van der Waals surface area contributed by atoms with E-state index >= 15 is 0 Å². The number of amides is 1. The first-order chi connectivity index (χ1) is 10.1. The van der Waals surface area contributed by atoms with Gasteiger partial charge in [0.25, 0.3) is 0 Å². The molecule has 0 aromatic heterocycles. The molecule has 1 aromatic rings. The van der Waals surface area contributed by atoms with Gasteiger partial charge < -0.3 is 15.2 Å². The minimum Gasteiger partial charge on any atom is -0.493 e. The third-order valence-electron chi connectivity index (χ3n) is 3.36. The number of hydrogen-bond acceptors (Lipinski definition) is 4. The molecule has 2 N–H and O–H groups in total. The van der Waals surface area contributed by atoms with E-state index in [9.17, 15) is 9.59 Å². The van der Waals surface area contributed by atoms with Gasteiger partial charge in [-0.05, 0) is 35.6 Å². The fraction of sp³-hybridized carbons (Fsp3) is 0.467. The predicted octanol–water partition coefficient (Wildman–Crippen LogP) is 1.49. The topological polar surface area (TPSA) is 75.6 Å². The summed E-state index contributed by atoms with van der Waals surface area (Å²) < 4.78 is 5.42. The first kappa shape index (κ1) is 15.7. The molecular weight excluding hydrogens is 290 g/mol. The van der Waals surface area contributed by atoms with Crippen LogP contribution in [0.5, 0.6) is 5.75 Å². The second-order valence-corrected chi connectivity index (χ2v) is 5.94. The summed E-state index contributed by atoms with van der Waals surface area (Å²) in [5.41, 5.74) is 1.99. The summed E-state index contributed by atoms with van der Waals surface area (Å²) in [7, 11) is 0. The number of thioether (sulfide) groups is 1. The molecule has 0 saturated carbocycles. The van der Waals surface area contributed by atoms with Gasteiger partial charge in [0.2, 0.25) is 5.91 Å². The Hall–Kier alpha value is -1.69. The highest BCUT2D eigenvalue weighted by Crippen LogP contribution is 2.25. The van der Waals surface area contributed by atoms with Crippen molar-refractivity contribution in [2.45, 2.75) is 25.3 Å². The number of carboxylic acid groups (broad SMARTS) is 1. The molecule has 0 aliphatic carbocycles. The lowest BCUT2D eigenvalue weighted by Gasteiger charge is -2.14. The van der Waals surface area contributed by atoms with E-state index in [1.54, 1.807) is 11.8 Å². The Morgan fingerprint density at radius 2 is 2.29 bits per heavy atom. The van der Waals surface area contributed by atoms with Gasteiger partial charge in [0.05, 0.1) is 13.0 Å². The third kappa shape index (κ3) is 4.39. The SMILES string of the molecule is CSCC[C@@H](NC(=O)Cc1ccc2c(c1)CCO2)C(=O)O. The monoisotopic (exact) mass is 309 g/mol. The minimum atomic E-state index is -0.986. The molecule has 1 aliphatic rings. The Morgan fingerprint density at radius 3 is 3.00 bits per heavy atom. The molecule has 5 nitrogen and oxygen atoms in total. The molecule has 1 amide bonds. The number of aliphatic carboxylic acids is 1. The summed E-state index contributed by atoms with van der Waals surface area (Å²) in [6.07, 6.45) is 3.39. The number of ether oxygens (including phenoxy) is 1. The Balaban J connectivity index is 1.92. The van der Waals surface area contributed by atoms with Crippen molar-refractivity contribution in [3.8, 4) is 5.75 Å². The van der Waals surface area contributed by atoms with E-state index < -0.39 is 12.0 Å². The second kappa shape index (κ2) is 7.36. The lowest BCUT2D eigenvalue weighted by molar-refractivity contribution is -0.141. The minimum absolute atomic E-state index is 0.191. The van der Waals surface area contributed by atoms with Gasteiger partial charge in [0.15, 0.2) is 0 Å². The summed E-state index contributed by atoms with van der Waals surface area (Å²) in [4.78, 5) is 23.1. The molecular formula is C15H19NO4S. The molecule has 0 fully saturated rings. The Kier molecular flexibility index (Phi) is 5.50. The fourth-order valence-electron chi connectivity index (χ4n) is 2.27. The summed E-state index contributed by atoms with van der Waals surface area (Å²) in [6.45, 7) is 0.681. The van der Waals surface area contributed by atoms with Crippen molar-refractivity contribution in [1.29, 1.82) is 0 Å². The van der Waals surface area contributed by atoms with Crippen LogP contribution in [0.1, 0.15) is 17.5 Å². The van der Waals surface area contributed by atoms with Gasteiger partial charge in [-0.3, -0.25) is 4.79 Å². The quantitative estimate of drug-likeness (QED) is 0.798. The summed E-state index contributed by atoms with van der Waals surface area (Å²) in [6, 6.07) is 4.86. The molecule has 21 heavy (non-hydrogen) atoms. The molecule has 0 spiro atoms. The second-order valence-electron chi connectivity index (χ2n) is 4.96. The zero-order valence-electron chi connectivity index (χ0n) is 11.9.